The molecular weight excluding hydrogens is 400 g/mol. The van der Waals surface area contributed by atoms with Crippen LogP contribution in [0.1, 0.15) is 42.4 Å². The average molecular weight is 427 g/mol. The summed E-state index contributed by atoms with van der Waals surface area (Å²) in [5.41, 5.74) is 2.76. The smallest absolute Gasteiger partial charge is 0.262 e. The summed E-state index contributed by atoms with van der Waals surface area (Å²) in [5.74, 6) is -0.647. The topological polar surface area (TPSA) is 83.6 Å². The maximum Gasteiger partial charge on any atom is 0.262 e. The SMILES string of the molecule is Cc1ccc(NS(=O)(=O)c2cc(CN3C(=O)[C@@H]4CCCC[C@H]4C3=O)ccc2C)cc1. The molecule has 1 saturated carbocycles. The number of carbonyl (C=O) groups excluding carboxylic acids is 2. The number of benzene rings is 2. The molecule has 0 spiro atoms. The molecule has 7 heteroatoms. The summed E-state index contributed by atoms with van der Waals surface area (Å²) in [4.78, 5) is 27.0. The van der Waals surface area contributed by atoms with Gasteiger partial charge in [-0.1, -0.05) is 42.7 Å². The zero-order valence-electron chi connectivity index (χ0n) is 17.2. The van der Waals surface area contributed by atoms with Crippen LogP contribution in [0.25, 0.3) is 0 Å². The summed E-state index contributed by atoms with van der Waals surface area (Å²) in [5, 5.41) is 0. The van der Waals surface area contributed by atoms with Crippen LogP contribution in [0.3, 0.4) is 0 Å². The fourth-order valence-electron chi connectivity index (χ4n) is 4.43. The normalized spacial score (nSPS) is 21.6. The number of fused-ring (bicyclic) bond motifs is 1. The van der Waals surface area contributed by atoms with Gasteiger partial charge in [-0.25, -0.2) is 8.42 Å². The van der Waals surface area contributed by atoms with Crippen molar-refractivity contribution in [2.45, 2.75) is 51.0 Å². The van der Waals surface area contributed by atoms with Crippen molar-refractivity contribution in [3.63, 3.8) is 0 Å². The first-order valence-corrected chi connectivity index (χ1v) is 11.8. The number of hydrogen-bond donors (Lipinski definition) is 1. The van der Waals surface area contributed by atoms with E-state index in [1.54, 1.807) is 37.3 Å². The molecule has 6 nitrogen and oxygen atoms in total. The maximum absolute atomic E-state index is 13.0. The van der Waals surface area contributed by atoms with Crippen molar-refractivity contribution in [1.82, 2.24) is 4.90 Å². The molecule has 0 radical (unpaired) electrons. The third-order valence-electron chi connectivity index (χ3n) is 6.12. The average Bonchev–Trinajstić information content (AvgIpc) is 2.96. The van der Waals surface area contributed by atoms with Crippen LogP contribution in [-0.4, -0.2) is 25.1 Å². The number of sulfonamides is 1. The molecule has 158 valence electrons. The molecule has 1 aliphatic carbocycles. The van der Waals surface area contributed by atoms with E-state index in [0.717, 1.165) is 31.2 Å². The van der Waals surface area contributed by atoms with Crippen LogP contribution in [0.2, 0.25) is 0 Å². The third kappa shape index (κ3) is 3.86. The van der Waals surface area contributed by atoms with Gasteiger partial charge >= 0.3 is 0 Å². The molecular formula is C23H26N2O4S. The lowest BCUT2D eigenvalue weighted by atomic mass is 9.81. The second kappa shape index (κ2) is 7.87. The predicted molar refractivity (Wildman–Crippen MR) is 114 cm³/mol. The highest BCUT2D eigenvalue weighted by atomic mass is 32.2. The molecule has 2 aromatic rings. The summed E-state index contributed by atoms with van der Waals surface area (Å²) in [6, 6.07) is 12.2. The van der Waals surface area contributed by atoms with E-state index < -0.39 is 10.0 Å². The molecule has 0 aromatic heterocycles. The van der Waals surface area contributed by atoms with Gasteiger partial charge in [0.2, 0.25) is 11.8 Å². The lowest BCUT2D eigenvalue weighted by Gasteiger charge is -2.19. The minimum absolute atomic E-state index is 0.109. The Hall–Kier alpha value is -2.67. The number of nitrogens with zero attached hydrogens (tertiary/aromatic N) is 1. The van der Waals surface area contributed by atoms with Gasteiger partial charge in [0.05, 0.1) is 23.3 Å². The van der Waals surface area contributed by atoms with Gasteiger partial charge in [0.25, 0.3) is 10.0 Å². The van der Waals surface area contributed by atoms with Gasteiger partial charge in [0.1, 0.15) is 0 Å². The Morgan fingerprint density at radius 1 is 0.933 bits per heavy atom. The Balaban J connectivity index is 1.58. The van der Waals surface area contributed by atoms with Crippen LogP contribution in [0, 0.1) is 25.7 Å². The van der Waals surface area contributed by atoms with Crippen molar-refractivity contribution in [3.05, 3.63) is 59.2 Å². The lowest BCUT2D eigenvalue weighted by molar-refractivity contribution is -0.140. The van der Waals surface area contributed by atoms with Crippen LogP contribution in [0.4, 0.5) is 5.69 Å². The highest BCUT2D eigenvalue weighted by Crippen LogP contribution is 2.38. The first kappa shape index (κ1) is 20.6. The highest BCUT2D eigenvalue weighted by Gasteiger charge is 2.47. The Labute approximate surface area is 177 Å². The summed E-state index contributed by atoms with van der Waals surface area (Å²) in [6.07, 6.45) is 3.48. The number of hydrogen-bond acceptors (Lipinski definition) is 4. The quantitative estimate of drug-likeness (QED) is 0.738. The summed E-state index contributed by atoms with van der Waals surface area (Å²) in [7, 11) is -3.80. The summed E-state index contributed by atoms with van der Waals surface area (Å²) in [6.45, 7) is 3.77. The van der Waals surface area contributed by atoms with Gasteiger partial charge in [-0.3, -0.25) is 19.2 Å². The zero-order valence-corrected chi connectivity index (χ0v) is 18.0. The van der Waals surface area contributed by atoms with E-state index >= 15 is 0 Å². The number of anilines is 1. The number of carbonyl (C=O) groups is 2. The van der Waals surface area contributed by atoms with Crippen LogP contribution in [-0.2, 0) is 26.2 Å². The van der Waals surface area contributed by atoms with E-state index in [4.69, 9.17) is 0 Å². The molecule has 2 atom stereocenters. The van der Waals surface area contributed by atoms with Gasteiger partial charge in [-0.05, 0) is 56.0 Å². The van der Waals surface area contributed by atoms with Crippen molar-refractivity contribution in [2.24, 2.45) is 11.8 Å². The number of amides is 2. The van der Waals surface area contributed by atoms with Crippen molar-refractivity contribution in [1.29, 1.82) is 0 Å². The molecule has 2 fully saturated rings. The molecule has 0 unspecified atom stereocenters. The van der Waals surface area contributed by atoms with E-state index in [-0.39, 0.29) is 35.1 Å². The van der Waals surface area contributed by atoms with Gasteiger partial charge in [0, 0.05) is 5.69 Å². The van der Waals surface area contributed by atoms with Crippen molar-refractivity contribution in [3.8, 4) is 0 Å². The molecule has 2 aliphatic rings. The van der Waals surface area contributed by atoms with Gasteiger partial charge in [0.15, 0.2) is 0 Å². The number of rotatable bonds is 5. The molecule has 30 heavy (non-hydrogen) atoms. The van der Waals surface area contributed by atoms with Crippen molar-refractivity contribution >= 4 is 27.5 Å². The van der Waals surface area contributed by atoms with Crippen LogP contribution in [0.5, 0.6) is 0 Å². The van der Waals surface area contributed by atoms with Crippen LogP contribution < -0.4 is 4.72 Å². The number of imide groups is 1. The Morgan fingerprint density at radius 3 is 2.13 bits per heavy atom. The Kier molecular flexibility index (Phi) is 5.40. The second-order valence-corrected chi connectivity index (χ2v) is 9.98. The van der Waals surface area contributed by atoms with Gasteiger partial charge in [-0.2, -0.15) is 0 Å². The standard InChI is InChI=1S/C23H26N2O4S/c1-15-7-11-18(12-8-15)24-30(28,29)21-13-17(10-9-16(21)2)14-25-22(26)19-5-3-4-6-20(19)23(25)27/h7-13,19-20,24H,3-6,14H2,1-2H3/t19-,20-/m1/s1. The largest absolute Gasteiger partial charge is 0.280 e. The van der Waals surface area contributed by atoms with Crippen molar-refractivity contribution in [2.75, 3.05) is 4.72 Å². The molecule has 0 bridgehead atoms. The monoisotopic (exact) mass is 426 g/mol. The van der Waals surface area contributed by atoms with Crippen LogP contribution >= 0.6 is 0 Å². The summed E-state index contributed by atoms with van der Waals surface area (Å²) >= 11 is 0. The first-order chi connectivity index (χ1) is 14.3. The van der Waals surface area contributed by atoms with E-state index in [1.165, 1.54) is 4.90 Å². The fraction of sp³-hybridized carbons (Fsp3) is 0.391. The molecule has 1 N–H and O–H groups in total. The van der Waals surface area contributed by atoms with Gasteiger partial charge in [-0.15, -0.1) is 0 Å². The maximum atomic E-state index is 13.0. The molecule has 1 aliphatic heterocycles. The Bertz CT molecular complexity index is 1070. The molecule has 2 aromatic carbocycles. The number of nitrogens with one attached hydrogen (secondary N) is 1. The van der Waals surface area contributed by atoms with Crippen molar-refractivity contribution < 1.29 is 18.0 Å². The molecule has 4 rings (SSSR count). The van der Waals surface area contributed by atoms with Gasteiger partial charge < -0.3 is 0 Å². The molecule has 1 saturated heterocycles. The summed E-state index contributed by atoms with van der Waals surface area (Å²) < 4.78 is 28.6. The molecule has 2 amide bonds. The number of likely N-dealkylation sites (tertiary alicyclic amines) is 1. The third-order valence-corrected chi connectivity index (χ3v) is 7.64. The first-order valence-electron chi connectivity index (χ1n) is 10.3. The zero-order chi connectivity index (χ0) is 21.5. The van der Waals surface area contributed by atoms with E-state index in [9.17, 15) is 18.0 Å². The van der Waals surface area contributed by atoms with E-state index in [0.29, 0.717) is 16.8 Å². The fourth-order valence-corrected chi connectivity index (χ4v) is 5.79. The van der Waals surface area contributed by atoms with E-state index in [2.05, 4.69) is 4.72 Å². The predicted octanol–water partition coefficient (Wildman–Crippen LogP) is 3.78. The lowest BCUT2D eigenvalue weighted by Crippen LogP contribution is -2.30. The number of aryl methyl sites for hydroxylation is 2. The Morgan fingerprint density at radius 2 is 1.53 bits per heavy atom. The van der Waals surface area contributed by atoms with Crippen LogP contribution in [0.15, 0.2) is 47.4 Å². The molecule has 1 heterocycles. The minimum Gasteiger partial charge on any atom is -0.280 e. The minimum atomic E-state index is -3.80. The second-order valence-electron chi connectivity index (χ2n) is 8.33. The van der Waals surface area contributed by atoms with E-state index in [1.807, 2.05) is 19.1 Å². The highest BCUT2D eigenvalue weighted by molar-refractivity contribution is 7.92.